The van der Waals surface area contributed by atoms with Crippen molar-refractivity contribution in [2.24, 2.45) is 0 Å². The third kappa shape index (κ3) is 3.70. The Labute approximate surface area is 165 Å². The Morgan fingerprint density at radius 1 is 0.893 bits per heavy atom. The number of carbonyl (C=O) groups is 1. The van der Waals surface area contributed by atoms with E-state index >= 15 is 0 Å². The van der Waals surface area contributed by atoms with Crippen LogP contribution >= 0.6 is 0 Å². The average Bonchev–Trinajstić information content (AvgIpc) is 2.77. The van der Waals surface area contributed by atoms with Gasteiger partial charge >= 0.3 is 0 Å². The van der Waals surface area contributed by atoms with Crippen molar-refractivity contribution >= 4 is 12.0 Å². The minimum atomic E-state index is 0.0297. The SMILES string of the molecule is COc1cccc2c1CCC(N(Cc1ccccc1)C(=O)c1ccccc1)=C2. The van der Waals surface area contributed by atoms with Crippen molar-refractivity contribution in [1.29, 1.82) is 0 Å². The highest BCUT2D eigenvalue weighted by Gasteiger charge is 2.24. The lowest BCUT2D eigenvalue weighted by molar-refractivity contribution is 0.0792. The van der Waals surface area contributed by atoms with Crippen LogP contribution in [0.3, 0.4) is 0 Å². The van der Waals surface area contributed by atoms with Crippen LogP contribution in [-0.4, -0.2) is 17.9 Å². The summed E-state index contributed by atoms with van der Waals surface area (Å²) in [5, 5.41) is 0. The Morgan fingerprint density at radius 3 is 2.32 bits per heavy atom. The van der Waals surface area contributed by atoms with E-state index < -0.39 is 0 Å². The van der Waals surface area contributed by atoms with Gasteiger partial charge in [-0.15, -0.1) is 0 Å². The van der Waals surface area contributed by atoms with Gasteiger partial charge in [0, 0.05) is 16.8 Å². The molecule has 0 bridgehead atoms. The molecule has 0 aliphatic heterocycles. The maximum Gasteiger partial charge on any atom is 0.258 e. The first-order valence-electron chi connectivity index (χ1n) is 9.53. The molecule has 1 amide bonds. The number of ether oxygens (including phenoxy) is 1. The Hall–Kier alpha value is -3.33. The van der Waals surface area contributed by atoms with Crippen molar-refractivity contribution in [1.82, 2.24) is 4.90 Å². The van der Waals surface area contributed by atoms with E-state index in [0.29, 0.717) is 12.1 Å². The van der Waals surface area contributed by atoms with Crippen LogP contribution in [0.1, 0.15) is 33.5 Å². The highest BCUT2D eigenvalue weighted by molar-refractivity contribution is 5.96. The molecule has 0 N–H and O–H groups in total. The van der Waals surface area contributed by atoms with Crippen molar-refractivity contribution < 1.29 is 9.53 Å². The molecule has 0 unspecified atom stereocenters. The standard InChI is InChI=1S/C25H23NO2/c1-28-24-14-8-13-21-17-22(15-16-23(21)24)26(18-19-9-4-2-5-10-19)25(27)20-11-6-3-7-12-20/h2-14,17H,15-16,18H2,1H3. The smallest absolute Gasteiger partial charge is 0.258 e. The molecule has 3 aromatic rings. The zero-order chi connectivity index (χ0) is 19.3. The lowest BCUT2D eigenvalue weighted by atomic mass is 9.93. The highest BCUT2D eigenvalue weighted by atomic mass is 16.5. The second kappa shape index (κ2) is 8.13. The molecule has 0 heterocycles. The van der Waals surface area contributed by atoms with Crippen LogP contribution in [0.25, 0.3) is 6.08 Å². The van der Waals surface area contributed by atoms with E-state index in [4.69, 9.17) is 4.74 Å². The summed E-state index contributed by atoms with van der Waals surface area (Å²) in [7, 11) is 1.70. The third-order valence-electron chi connectivity index (χ3n) is 5.14. The van der Waals surface area contributed by atoms with Gasteiger partial charge in [0.25, 0.3) is 5.91 Å². The minimum Gasteiger partial charge on any atom is -0.496 e. The van der Waals surface area contributed by atoms with E-state index in [-0.39, 0.29) is 5.91 Å². The molecule has 1 aliphatic carbocycles. The van der Waals surface area contributed by atoms with Gasteiger partial charge in [0.15, 0.2) is 0 Å². The predicted octanol–water partition coefficient (Wildman–Crippen LogP) is 5.32. The molecule has 0 aromatic heterocycles. The molecule has 0 saturated heterocycles. The number of allylic oxidation sites excluding steroid dienone is 1. The van der Waals surface area contributed by atoms with Gasteiger partial charge < -0.3 is 9.64 Å². The molecular formula is C25H23NO2. The van der Waals surface area contributed by atoms with E-state index in [1.54, 1.807) is 7.11 Å². The molecule has 0 fully saturated rings. The Balaban J connectivity index is 1.73. The van der Waals surface area contributed by atoms with E-state index in [1.165, 1.54) is 5.56 Å². The van der Waals surface area contributed by atoms with E-state index in [0.717, 1.165) is 35.4 Å². The molecule has 0 radical (unpaired) electrons. The molecule has 4 rings (SSSR count). The summed E-state index contributed by atoms with van der Waals surface area (Å²) in [5.74, 6) is 0.943. The summed E-state index contributed by atoms with van der Waals surface area (Å²) in [6.45, 7) is 0.555. The molecule has 3 nitrogen and oxygen atoms in total. The fraction of sp³-hybridized carbons (Fsp3) is 0.160. The number of benzene rings is 3. The summed E-state index contributed by atoms with van der Waals surface area (Å²) < 4.78 is 5.51. The molecule has 1 aliphatic rings. The Bertz CT molecular complexity index is 994. The Kier molecular flexibility index (Phi) is 5.24. The zero-order valence-electron chi connectivity index (χ0n) is 16.0. The van der Waals surface area contributed by atoms with Gasteiger partial charge in [0.05, 0.1) is 13.7 Å². The Morgan fingerprint density at radius 2 is 1.61 bits per heavy atom. The number of hydrogen-bond acceptors (Lipinski definition) is 2. The average molecular weight is 369 g/mol. The van der Waals surface area contributed by atoms with Crippen molar-refractivity contribution in [3.63, 3.8) is 0 Å². The van der Waals surface area contributed by atoms with Gasteiger partial charge in [-0.1, -0.05) is 60.7 Å². The minimum absolute atomic E-state index is 0.0297. The molecule has 140 valence electrons. The lowest BCUT2D eigenvalue weighted by Gasteiger charge is -2.29. The lowest BCUT2D eigenvalue weighted by Crippen LogP contribution is -2.31. The summed E-state index contributed by atoms with van der Waals surface area (Å²) >= 11 is 0. The van der Waals surface area contributed by atoms with Gasteiger partial charge in [0.2, 0.25) is 0 Å². The van der Waals surface area contributed by atoms with E-state index in [2.05, 4.69) is 24.3 Å². The normalized spacial score (nSPS) is 12.7. The summed E-state index contributed by atoms with van der Waals surface area (Å²) in [4.78, 5) is 15.3. The number of nitrogens with zero attached hydrogens (tertiary/aromatic N) is 1. The van der Waals surface area contributed by atoms with Gasteiger partial charge in [-0.25, -0.2) is 0 Å². The molecule has 3 aromatic carbocycles. The maximum atomic E-state index is 13.3. The first kappa shape index (κ1) is 18.1. The molecule has 0 spiro atoms. The van der Waals surface area contributed by atoms with E-state index in [1.807, 2.05) is 65.6 Å². The fourth-order valence-corrected chi connectivity index (χ4v) is 3.70. The number of amides is 1. The van der Waals surface area contributed by atoms with Crippen LogP contribution in [0.5, 0.6) is 5.75 Å². The monoisotopic (exact) mass is 369 g/mol. The fourth-order valence-electron chi connectivity index (χ4n) is 3.70. The first-order chi connectivity index (χ1) is 13.8. The molecule has 0 saturated carbocycles. The van der Waals surface area contributed by atoms with Crippen molar-refractivity contribution in [2.75, 3.05) is 7.11 Å². The predicted molar refractivity (Wildman–Crippen MR) is 112 cm³/mol. The second-order valence-electron chi connectivity index (χ2n) is 6.91. The summed E-state index contributed by atoms with van der Waals surface area (Å²) in [6, 6.07) is 25.7. The van der Waals surface area contributed by atoms with Gasteiger partial charge in [-0.05, 0) is 48.2 Å². The third-order valence-corrected chi connectivity index (χ3v) is 5.14. The second-order valence-corrected chi connectivity index (χ2v) is 6.91. The number of methoxy groups -OCH3 is 1. The van der Waals surface area contributed by atoms with Crippen molar-refractivity contribution in [2.45, 2.75) is 19.4 Å². The van der Waals surface area contributed by atoms with Crippen LogP contribution in [-0.2, 0) is 13.0 Å². The van der Waals surface area contributed by atoms with E-state index in [9.17, 15) is 4.79 Å². The molecular weight excluding hydrogens is 346 g/mol. The van der Waals surface area contributed by atoms with Crippen LogP contribution in [0.2, 0.25) is 0 Å². The van der Waals surface area contributed by atoms with Gasteiger partial charge in [-0.3, -0.25) is 4.79 Å². The van der Waals surface area contributed by atoms with Crippen molar-refractivity contribution in [3.05, 3.63) is 107 Å². The summed E-state index contributed by atoms with van der Waals surface area (Å²) in [6.07, 6.45) is 3.79. The molecule has 3 heteroatoms. The maximum absolute atomic E-state index is 13.3. The topological polar surface area (TPSA) is 29.5 Å². The van der Waals surface area contributed by atoms with Crippen LogP contribution in [0, 0.1) is 0 Å². The van der Waals surface area contributed by atoms with Crippen LogP contribution < -0.4 is 4.74 Å². The summed E-state index contributed by atoms with van der Waals surface area (Å²) in [5.41, 5.74) is 5.19. The molecule has 0 atom stereocenters. The number of fused-ring (bicyclic) bond motifs is 1. The van der Waals surface area contributed by atoms with Crippen molar-refractivity contribution in [3.8, 4) is 5.75 Å². The largest absolute Gasteiger partial charge is 0.496 e. The highest BCUT2D eigenvalue weighted by Crippen LogP contribution is 2.33. The van der Waals surface area contributed by atoms with Crippen LogP contribution in [0.4, 0.5) is 0 Å². The number of carbonyl (C=O) groups excluding carboxylic acids is 1. The number of rotatable bonds is 5. The van der Waals surface area contributed by atoms with Crippen LogP contribution in [0.15, 0.2) is 84.6 Å². The van der Waals surface area contributed by atoms with Gasteiger partial charge in [0.1, 0.15) is 5.75 Å². The number of hydrogen-bond donors (Lipinski definition) is 0. The zero-order valence-corrected chi connectivity index (χ0v) is 16.0. The van der Waals surface area contributed by atoms with Gasteiger partial charge in [-0.2, -0.15) is 0 Å². The quantitative estimate of drug-likeness (QED) is 0.609. The first-order valence-corrected chi connectivity index (χ1v) is 9.53. The molecule has 28 heavy (non-hydrogen) atoms.